The molecule has 0 aliphatic carbocycles. The molecule has 0 saturated carbocycles. The number of nitrogens with zero attached hydrogens (tertiary/aromatic N) is 1. The van der Waals surface area contributed by atoms with Crippen LogP contribution in [0.1, 0.15) is 5.56 Å². The van der Waals surface area contributed by atoms with Crippen LogP contribution in [0.25, 0.3) is 10.2 Å². The molecule has 6 heteroatoms. The van der Waals surface area contributed by atoms with Crippen molar-refractivity contribution >= 4 is 32.8 Å². The quantitative estimate of drug-likeness (QED) is 0.621. The van der Waals surface area contributed by atoms with Gasteiger partial charge in [0.25, 0.3) is 0 Å². The number of hydrogen-bond acceptors (Lipinski definition) is 5. The second kappa shape index (κ2) is 3.97. The first kappa shape index (κ1) is 10.7. The van der Waals surface area contributed by atoms with Gasteiger partial charge in [-0.05, 0) is 19.1 Å². The van der Waals surface area contributed by atoms with E-state index in [2.05, 4.69) is 15.0 Å². The molecule has 5 nitrogen and oxygen atoms in total. The maximum absolute atomic E-state index is 10.5. The van der Waals surface area contributed by atoms with Crippen molar-refractivity contribution in [3.8, 4) is 5.75 Å². The summed E-state index contributed by atoms with van der Waals surface area (Å²) in [6.07, 6.45) is -1.31. The fourth-order valence-corrected chi connectivity index (χ4v) is 2.30. The van der Waals surface area contributed by atoms with E-state index in [1.54, 1.807) is 26.1 Å². The Morgan fingerprint density at radius 1 is 1.56 bits per heavy atom. The molecule has 0 aliphatic rings. The van der Waals surface area contributed by atoms with Crippen LogP contribution in [0.4, 0.5) is 9.93 Å². The van der Waals surface area contributed by atoms with Gasteiger partial charge in [0.1, 0.15) is 5.75 Å². The number of aryl methyl sites for hydroxylation is 1. The van der Waals surface area contributed by atoms with E-state index in [4.69, 9.17) is 5.11 Å². The first-order valence-corrected chi connectivity index (χ1v) is 5.42. The summed E-state index contributed by atoms with van der Waals surface area (Å²) in [7, 11) is 1.79. The average Bonchev–Trinajstić information content (AvgIpc) is 2.65. The first-order chi connectivity index (χ1) is 7.61. The first-order valence-electron chi connectivity index (χ1n) is 4.60. The van der Waals surface area contributed by atoms with Crippen molar-refractivity contribution in [2.24, 2.45) is 0 Å². The fraction of sp³-hybridized carbons (Fsp3) is 0.200. The van der Waals surface area contributed by atoms with Crippen LogP contribution in [0.15, 0.2) is 12.1 Å². The lowest BCUT2D eigenvalue weighted by Gasteiger charge is -2.03. The zero-order valence-electron chi connectivity index (χ0n) is 8.77. The minimum Gasteiger partial charge on any atom is -0.449 e. The zero-order valence-corrected chi connectivity index (χ0v) is 9.59. The number of ether oxygens (including phenoxy) is 1. The number of thiazole rings is 1. The molecule has 2 rings (SSSR count). The van der Waals surface area contributed by atoms with Crippen molar-refractivity contribution in [3.05, 3.63) is 17.7 Å². The lowest BCUT2D eigenvalue weighted by atomic mass is 10.2. The molecule has 0 aliphatic heterocycles. The molecule has 1 aromatic carbocycles. The maximum Gasteiger partial charge on any atom is 0.511 e. The van der Waals surface area contributed by atoms with Crippen LogP contribution in [0.2, 0.25) is 0 Å². The molecule has 2 N–H and O–H groups in total. The number of rotatable bonds is 2. The van der Waals surface area contributed by atoms with Crippen molar-refractivity contribution in [1.82, 2.24) is 4.98 Å². The summed E-state index contributed by atoms with van der Waals surface area (Å²) < 4.78 is 5.66. The third-order valence-corrected chi connectivity index (χ3v) is 3.21. The van der Waals surface area contributed by atoms with Crippen LogP contribution in [0.3, 0.4) is 0 Å². The Bertz CT molecular complexity index is 550. The molecule has 1 aromatic heterocycles. The predicted molar refractivity (Wildman–Crippen MR) is 62.6 cm³/mol. The van der Waals surface area contributed by atoms with Gasteiger partial charge in [0, 0.05) is 12.6 Å². The van der Waals surface area contributed by atoms with E-state index in [1.165, 1.54) is 11.3 Å². The molecule has 0 radical (unpaired) electrons. The summed E-state index contributed by atoms with van der Waals surface area (Å²) in [5.74, 6) is 0.327. The van der Waals surface area contributed by atoms with E-state index in [0.717, 1.165) is 20.9 Å². The van der Waals surface area contributed by atoms with E-state index < -0.39 is 6.16 Å². The lowest BCUT2D eigenvalue weighted by Crippen LogP contribution is -2.04. The highest BCUT2D eigenvalue weighted by atomic mass is 32.1. The van der Waals surface area contributed by atoms with E-state index in [-0.39, 0.29) is 0 Å². The van der Waals surface area contributed by atoms with Gasteiger partial charge in [-0.15, -0.1) is 0 Å². The highest BCUT2D eigenvalue weighted by Crippen LogP contribution is 2.32. The van der Waals surface area contributed by atoms with Crippen LogP contribution in [-0.4, -0.2) is 23.3 Å². The minimum atomic E-state index is -1.31. The van der Waals surface area contributed by atoms with Gasteiger partial charge in [-0.1, -0.05) is 11.3 Å². The number of carbonyl (C=O) groups is 1. The normalized spacial score (nSPS) is 10.4. The maximum atomic E-state index is 10.5. The number of hydrogen-bond donors (Lipinski definition) is 2. The van der Waals surface area contributed by atoms with Crippen molar-refractivity contribution in [2.45, 2.75) is 6.92 Å². The second-order valence-corrected chi connectivity index (χ2v) is 4.20. The van der Waals surface area contributed by atoms with Gasteiger partial charge in [0.2, 0.25) is 0 Å². The SMILES string of the molecule is CNc1nc2c(C)c(OC(=O)O)ccc2s1. The minimum absolute atomic E-state index is 0.327. The summed E-state index contributed by atoms with van der Waals surface area (Å²) in [5.41, 5.74) is 1.51. The van der Waals surface area contributed by atoms with Crippen LogP contribution in [0, 0.1) is 6.92 Å². The van der Waals surface area contributed by atoms with E-state index in [0.29, 0.717) is 5.75 Å². The molecule has 2 aromatic rings. The number of carboxylic acid groups (broad SMARTS) is 1. The number of aromatic nitrogens is 1. The monoisotopic (exact) mass is 238 g/mol. The smallest absolute Gasteiger partial charge is 0.449 e. The number of nitrogens with one attached hydrogen (secondary N) is 1. The van der Waals surface area contributed by atoms with Gasteiger partial charge in [-0.2, -0.15) is 0 Å². The second-order valence-electron chi connectivity index (χ2n) is 3.17. The van der Waals surface area contributed by atoms with Crippen LogP contribution in [-0.2, 0) is 0 Å². The highest BCUT2D eigenvalue weighted by Gasteiger charge is 2.11. The third kappa shape index (κ3) is 1.79. The molecular weight excluding hydrogens is 228 g/mol. The Morgan fingerprint density at radius 2 is 2.31 bits per heavy atom. The molecule has 1 heterocycles. The van der Waals surface area contributed by atoms with Crippen molar-refractivity contribution in [3.63, 3.8) is 0 Å². The standard InChI is InChI=1S/C10H10N2O3S/c1-5-6(15-10(13)14)3-4-7-8(5)12-9(11-2)16-7/h3-4H,1-2H3,(H,11,12)(H,13,14). The summed E-state index contributed by atoms with van der Waals surface area (Å²) in [5, 5.41) is 12.3. The van der Waals surface area contributed by atoms with Gasteiger partial charge in [-0.3, -0.25) is 0 Å². The molecule has 0 bridgehead atoms. The Hall–Kier alpha value is -1.82. The van der Waals surface area contributed by atoms with Crippen molar-refractivity contribution in [1.29, 1.82) is 0 Å². The summed E-state index contributed by atoms with van der Waals surface area (Å²) in [6, 6.07) is 3.45. The Kier molecular flexibility index (Phi) is 2.66. The Morgan fingerprint density at radius 3 is 2.94 bits per heavy atom. The van der Waals surface area contributed by atoms with Crippen LogP contribution in [0.5, 0.6) is 5.75 Å². The summed E-state index contributed by atoms with van der Waals surface area (Å²) in [6.45, 7) is 1.79. The van der Waals surface area contributed by atoms with Gasteiger partial charge >= 0.3 is 6.16 Å². The van der Waals surface area contributed by atoms with Crippen molar-refractivity contribution < 1.29 is 14.6 Å². The van der Waals surface area contributed by atoms with E-state index >= 15 is 0 Å². The lowest BCUT2D eigenvalue weighted by molar-refractivity contribution is 0.144. The third-order valence-electron chi connectivity index (χ3n) is 2.18. The molecule has 0 saturated heterocycles. The molecule has 0 unspecified atom stereocenters. The molecule has 16 heavy (non-hydrogen) atoms. The summed E-state index contributed by atoms with van der Waals surface area (Å²) >= 11 is 1.51. The van der Waals surface area contributed by atoms with Gasteiger partial charge in [-0.25, -0.2) is 9.78 Å². The van der Waals surface area contributed by atoms with Crippen LogP contribution >= 0.6 is 11.3 Å². The molecule has 0 spiro atoms. The Balaban J connectivity index is 2.54. The van der Waals surface area contributed by atoms with Gasteiger partial charge in [0.15, 0.2) is 5.13 Å². The average molecular weight is 238 g/mol. The largest absolute Gasteiger partial charge is 0.511 e. The predicted octanol–water partition coefficient (Wildman–Crippen LogP) is 2.70. The summed E-state index contributed by atoms with van der Waals surface area (Å²) in [4.78, 5) is 14.8. The number of fused-ring (bicyclic) bond motifs is 1. The number of anilines is 1. The van der Waals surface area contributed by atoms with E-state index in [9.17, 15) is 4.79 Å². The van der Waals surface area contributed by atoms with Gasteiger partial charge < -0.3 is 15.2 Å². The molecule has 0 fully saturated rings. The van der Waals surface area contributed by atoms with Gasteiger partial charge in [0.05, 0.1) is 10.2 Å². The van der Waals surface area contributed by atoms with Crippen molar-refractivity contribution in [2.75, 3.05) is 12.4 Å². The fourth-order valence-electron chi connectivity index (χ4n) is 1.42. The molecule has 84 valence electrons. The molecular formula is C10H10N2O3S. The van der Waals surface area contributed by atoms with Crippen LogP contribution < -0.4 is 10.1 Å². The number of benzene rings is 1. The molecule has 0 atom stereocenters. The zero-order chi connectivity index (χ0) is 11.7. The Labute approximate surface area is 95.7 Å². The van der Waals surface area contributed by atoms with E-state index in [1.807, 2.05) is 0 Å². The highest BCUT2D eigenvalue weighted by molar-refractivity contribution is 7.22. The topological polar surface area (TPSA) is 71.5 Å². The molecule has 0 amide bonds.